The smallest absolute Gasteiger partial charge is 0.119 e. The molecule has 0 fully saturated rings. The lowest BCUT2D eigenvalue weighted by Crippen LogP contribution is -2.23. The fourth-order valence-corrected chi connectivity index (χ4v) is 4.76. The molecule has 0 saturated heterocycles. The Morgan fingerprint density at radius 3 is 1.25 bits per heavy atom. The summed E-state index contributed by atoms with van der Waals surface area (Å²) in [5.74, 6) is 1.84. The van der Waals surface area contributed by atoms with Crippen molar-refractivity contribution in [2.75, 3.05) is 68.6 Å². The van der Waals surface area contributed by atoms with Gasteiger partial charge in [0.05, 0.1) is 0 Å². The van der Waals surface area contributed by atoms with E-state index in [4.69, 9.17) is 9.47 Å². The third-order valence-electron chi connectivity index (χ3n) is 4.18. The molecule has 0 spiro atoms. The molecule has 0 saturated carbocycles. The van der Waals surface area contributed by atoms with Crippen LogP contribution in [0.2, 0.25) is 0 Å². The SMILES string of the molecule is CN(C)CCOc1ccc(P(c2ccc(OCCN(C)C)cc2)N(C)C)cc1. The Kier molecular flexibility index (Phi) is 9.20. The van der Waals surface area contributed by atoms with Crippen molar-refractivity contribution in [1.82, 2.24) is 14.5 Å². The molecule has 0 unspecified atom stereocenters. The van der Waals surface area contributed by atoms with Crippen LogP contribution in [0.3, 0.4) is 0 Å². The molecular weight excluding hydrogens is 369 g/mol. The first kappa shape index (κ1) is 22.6. The number of benzene rings is 2. The van der Waals surface area contributed by atoms with Gasteiger partial charge in [0.15, 0.2) is 0 Å². The molecule has 0 N–H and O–H groups in total. The van der Waals surface area contributed by atoms with Crippen LogP contribution in [0.1, 0.15) is 0 Å². The summed E-state index contributed by atoms with van der Waals surface area (Å²) in [5.41, 5.74) is 0. The number of ether oxygens (including phenoxy) is 2. The van der Waals surface area contributed by atoms with Gasteiger partial charge in [-0.05, 0) is 101 Å². The van der Waals surface area contributed by atoms with Gasteiger partial charge < -0.3 is 19.3 Å². The summed E-state index contributed by atoms with van der Waals surface area (Å²) in [6.45, 7) is 3.22. The minimum absolute atomic E-state index is 0.575. The average molecular weight is 404 g/mol. The van der Waals surface area contributed by atoms with Crippen LogP contribution in [-0.2, 0) is 0 Å². The second kappa shape index (κ2) is 11.4. The van der Waals surface area contributed by atoms with Crippen molar-refractivity contribution >= 4 is 18.7 Å². The van der Waals surface area contributed by atoms with Crippen molar-refractivity contribution in [3.63, 3.8) is 0 Å². The van der Waals surface area contributed by atoms with Crippen molar-refractivity contribution < 1.29 is 9.47 Å². The minimum Gasteiger partial charge on any atom is -0.492 e. The highest BCUT2D eigenvalue weighted by Crippen LogP contribution is 2.36. The number of hydrogen-bond acceptors (Lipinski definition) is 5. The zero-order valence-electron chi connectivity index (χ0n) is 18.1. The van der Waals surface area contributed by atoms with E-state index in [9.17, 15) is 0 Å². The summed E-state index contributed by atoms with van der Waals surface area (Å²) in [6.07, 6.45) is 0. The molecule has 6 heteroatoms. The summed E-state index contributed by atoms with van der Waals surface area (Å²) < 4.78 is 13.9. The Bertz CT molecular complexity index is 630. The summed E-state index contributed by atoms with van der Waals surface area (Å²) in [7, 11) is 11.9. The molecule has 2 aromatic carbocycles. The van der Waals surface area contributed by atoms with Gasteiger partial charge in [-0.1, -0.05) is 0 Å². The van der Waals surface area contributed by atoms with Gasteiger partial charge in [-0.3, -0.25) is 4.67 Å². The summed E-state index contributed by atoms with van der Waals surface area (Å²) in [6, 6.07) is 17.0. The van der Waals surface area contributed by atoms with E-state index in [1.165, 1.54) is 10.6 Å². The van der Waals surface area contributed by atoms with Crippen LogP contribution in [0, 0.1) is 0 Å². The summed E-state index contributed by atoms with van der Waals surface area (Å²) in [5, 5.41) is 2.61. The molecule has 0 aliphatic rings. The number of hydrogen-bond donors (Lipinski definition) is 0. The molecule has 0 bridgehead atoms. The average Bonchev–Trinajstić information content (AvgIpc) is 2.64. The van der Waals surface area contributed by atoms with E-state index in [1.807, 2.05) is 0 Å². The lowest BCUT2D eigenvalue weighted by atomic mass is 10.3. The molecule has 0 aliphatic carbocycles. The molecular formula is C22H34N3O2P. The number of likely N-dealkylation sites (N-methyl/N-ethyl adjacent to an activating group) is 2. The van der Waals surface area contributed by atoms with E-state index in [0.717, 1.165) is 24.6 Å². The monoisotopic (exact) mass is 403 g/mol. The lowest BCUT2D eigenvalue weighted by molar-refractivity contribution is 0.261. The third kappa shape index (κ3) is 7.40. The Balaban J connectivity index is 2.04. The van der Waals surface area contributed by atoms with Crippen LogP contribution >= 0.6 is 8.07 Å². The fraction of sp³-hybridized carbons (Fsp3) is 0.455. The molecule has 0 atom stereocenters. The molecule has 28 heavy (non-hydrogen) atoms. The van der Waals surface area contributed by atoms with Crippen molar-refractivity contribution in [2.24, 2.45) is 0 Å². The highest BCUT2D eigenvalue weighted by molar-refractivity contribution is 7.70. The van der Waals surface area contributed by atoms with Crippen molar-refractivity contribution in [3.8, 4) is 11.5 Å². The molecule has 0 aromatic heterocycles. The molecule has 2 rings (SSSR count). The van der Waals surface area contributed by atoms with Crippen molar-refractivity contribution in [1.29, 1.82) is 0 Å². The first-order valence-electron chi connectivity index (χ1n) is 9.59. The van der Waals surface area contributed by atoms with Crippen LogP contribution < -0.4 is 20.1 Å². The minimum atomic E-state index is -0.575. The maximum absolute atomic E-state index is 5.82. The molecule has 0 amide bonds. The maximum atomic E-state index is 5.82. The van der Waals surface area contributed by atoms with Gasteiger partial charge in [0, 0.05) is 21.2 Å². The fourth-order valence-electron chi connectivity index (χ4n) is 2.67. The second-order valence-corrected chi connectivity index (χ2v) is 9.91. The zero-order valence-corrected chi connectivity index (χ0v) is 18.9. The van der Waals surface area contributed by atoms with E-state index in [2.05, 4.69) is 105 Å². The number of rotatable bonds is 11. The van der Waals surface area contributed by atoms with Crippen LogP contribution in [-0.4, -0.2) is 83.1 Å². The van der Waals surface area contributed by atoms with Gasteiger partial charge in [-0.25, -0.2) is 0 Å². The molecule has 0 aliphatic heterocycles. The van der Waals surface area contributed by atoms with E-state index in [1.54, 1.807) is 0 Å². The molecule has 2 aromatic rings. The van der Waals surface area contributed by atoms with E-state index >= 15 is 0 Å². The summed E-state index contributed by atoms with van der Waals surface area (Å²) in [4.78, 5) is 4.24. The van der Waals surface area contributed by atoms with Gasteiger partial charge in [0.25, 0.3) is 0 Å². The predicted octanol–water partition coefficient (Wildman–Crippen LogP) is 2.48. The Morgan fingerprint density at radius 2 is 0.964 bits per heavy atom. The second-order valence-electron chi connectivity index (χ2n) is 7.45. The normalized spacial score (nSPS) is 11.6. The molecule has 154 valence electrons. The quantitative estimate of drug-likeness (QED) is 0.538. The Hall–Kier alpha value is -1.65. The van der Waals surface area contributed by atoms with Crippen molar-refractivity contribution in [2.45, 2.75) is 0 Å². The largest absolute Gasteiger partial charge is 0.492 e. The predicted molar refractivity (Wildman–Crippen MR) is 121 cm³/mol. The van der Waals surface area contributed by atoms with Crippen molar-refractivity contribution in [3.05, 3.63) is 48.5 Å². The molecule has 5 nitrogen and oxygen atoms in total. The Morgan fingerprint density at radius 1 is 0.607 bits per heavy atom. The standard InChI is InChI=1S/C22H34N3O2P/c1-23(2)15-17-26-19-7-11-21(12-8-19)28(25(5)6)22-13-9-20(10-14-22)27-18-16-24(3)4/h7-14H,15-18H2,1-6H3. The van der Waals surface area contributed by atoms with Crippen LogP contribution in [0.5, 0.6) is 11.5 Å². The lowest BCUT2D eigenvalue weighted by Gasteiger charge is -2.25. The van der Waals surface area contributed by atoms with Gasteiger partial charge in [0.2, 0.25) is 0 Å². The van der Waals surface area contributed by atoms with Crippen LogP contribution in [0.4, 0.5) is 0 Å². The highest BCUT2D eigenvalue weighted by Gasteiger charge is 2.17. The van der Waals surface area contributed by atoms with Gasteiger partial charge in [-0.15, -0.1) is 0 Å². The summed E-state index contributed by atoms with van der Waals surface area (Å²) >= 11 is 0. The molecule has 0 radical (unpaired) electrons. The third-order valence-corrected chi connectivity index (χ3v) is 6.55. The first-order chi connectivity index (χ1) is 13.4. The van der Waals surface area contributed by atoms with Gasteiger partial charge in [-0.2, -0.15) is 0 Å². The van der Waals surface area contributed by atoms with E-state index < -0.39 is 8.07 Å². The molecule has 0 heterocycles. The first-order valence-corrected chi connectivity index (χ1v) is 10.9. The topological polar surface area (TPSA) is 28.2 Å². The Labute approximate surface area is 171 Å². The van der Waals surface area contributed by atoms with E-state index in [0.29, 0.717) is 13.2 Å². The highest BCUT2D eigenvalue weighted by atomic mass is 31.1. The number of nitrogens with zero attached hydrogens (tertiary/aromatic N) is 3. The van der Waals surface area contributed by atoms with E-state index in [-0.39, 0.29) is 0 Å². The zero-order chi connectivity index (χ0) is 20.5. The van der Waals surface area contributed by atoms with Gasteiger partial charge >= 0.3 is 0 Å². The maximum Gasteiger partial charge on any atom is 0.119 e. The van der Waals surface area contributed by atoms with Crippen LogP contribution in [0.25, 0.3) is 0 Å². The van der Waals surface area contributed by atoms with Crippen LogP contribution in [0.15, 0.2) is 48.5 Å². The van der Waals surface area contributed by atoms with Gasteiger partial charge in [0.1, 0.15) is 24.7 Å².